The largest absolute Gasteiger partial charge is 0.445 e. The molecule has 0 aromatic heterocycles. The first-order chi connectivity index (χ1) is 8.72. The van der Waals surface area contributed by atoms with Crippen LogP contribution in [0.3, 0.4) is 0 Å². The van der Waals surface area contributed by atoms with E-state index in [2.05, 4.69) is 11.9 Å². The van der Waals surface area contributed by atoms with Gasteiger partial charge in [0.25, 0.3) is 0 Å². The quantitative estimate of drug-likeness (QED) is 0.457. The summed E-state index contributed by atoms with van der Waals surface area (Å²) >= 11 is 0. The molecule has 0 aliphatic rings. The van der Waals surface area contributed by atoms with Crippen LogP contribution in [0.1, 0.15) is 18.4 Å². The van der Waals surface area contributed by atoms with Gasteiger partial charge < -0.3 is 10.1 Å². The summed E-state index contributed by atoms with van der Waals surface area (Å²) in [7, 11) is 0. The van der Waals surface area contributed by atoms with Gasteiger partial charge in [-0.15, -0.1) is 0 Å². The minimum absolute atomic E-state index is 0.258. The van der Waals surface area contributed by atoms with Crippen LogP contribution in [0, 0.1) is 0 Å². The molecule has 4 heteroatoms. The molecule has 1 N–H and O–H groups in total. The molecular weight excluding hydrogens is 230 g/mol. The van der Waals surface area contributed by atoms with Gasteiger partial charge in [0, 0.05) is 6.54 Å². The highest BCUT2D eigenvalue weighted by Crippen LogP contribution is 2.01. The zero-order valence-electron chi connectivity index (χ0n) is 10.2. The lowest BCUT2D eigenvalue weighted by molar-refractivity contribution is -0.105. The highest BCUT2D eigenvalue weighted by atomic mass is 16.5. The molecular formula is C14H17NO3. The van der Waals surface area contributed by atoms with Crippen molar-refractivity contribution in [3.05, 3.63) is 48.0 Å². The second-order valence-corrected chi connectivity index (χ2v) is 3.87. The van der Waals surface area contributed by atoms with E-state index in [1.54, 1.807) is 0 Å². The number of allylic oxidation sites excluding steroid dienone is 1. The number of hydrogen-bond donors (Lipinski definition) is 1. The molecule has 4 nitrogen and oxygen atoms in total. The number of aldehydes is 1. The Balaban J connectivity index is 2.11. The molecule has 1 aromatic rings. The van der Waals surface area contributed by atoms with Gasteiger partial charge in [-0.3, -0.25) is 4.79 Å². The van der Waals surface area contributed by atoms with E-state index in [9.17, 15) is 9.59 Å². The normalized spacial score (nSPS) is 9.56. The summed E-state index contributed by atoms with van der Waals surface area (Å²) in [6.45, 7) is 4.28. The molecule has 0 spiro atoms. The summed E-state index contributed by atoms with van der Waals surface area (Å²) < 4.78 is 5.02. The zero-order chi connectivity index (χ0) is 13.2. The Morgan fingerprint density at radius 2 is 2.06 bits per heavy atom. The van der Waals surface area contributed by atoms with E-state index in [0.29, 0.717) is 25.0 Å². The number of alkyl carbamates (subject to hydrolysis) is 1. The van der Waals surface area contributed by atoms with Crippen molar-refractivity contribution in [2.24, 2.45) is 0 Å². The second kappa shape index (κ2) is 8.06. The summed E-state index contributed by atoms with van der Waals surface area (Å²) in [5.74, 6) is 0. The molecule has 0 fully saturated rings. The monoisotopic (exact) mass is 247 g/mol. The van der Waals surface area contributed by atoms with Crippen molar-refractivity contribution < 1.29 is 14.3 Å². The molecule has 1 aromatic carbocycles. The minimum atomic E-state index is -0.449. The van der Waals surface area contributed by atoms with Crippen LogP contribution in [0.4, 0.5) is 4.79 Å². The molecule has 0 unspecified atom stereocenters. The molecule has 0 saturated carbocycles. The minimum Gasteiger partial charge on any atom is -0.445 e. The highest BCUT2D eigenvalue weighted by molar-refractivity contribution is 5.71. The van der Waals surface area contributed by atoms with Gasteiger partial charge >= 0.3 is 6.09 Å². The Morgan fingerprint density at radius 3 is 2.72 bits per heavy atom. The van der Waals surface area contributed by atoms with Gasteiger partial charge in [-0.2, -0.15) is 0 Å². The standard InChI is InChI=1S/C14H17NO3/c1-12(10-16)6-5-9-15-14(17)18-11-13-7-3-2-4-8-13/h2-4,7-8,10H,1,5-6,9,11H2,(H,15,17). The van der Waals surface area contributed by atoms with E-state index in [-0.39, 0.29) is 6.61 Å². The van der Waals surface area contributed by atoms with E-state index >= 15 is 0 Å². The van der Waals surface area contributed by atoms with Crippen molar-refractivity contribution in [3.63, 3.8) is 0 Å². The summed E-state index contributed by atoms with van der Waals surface area (Å²) in [5.41, 5.74) is 1.48. The van der Waals surface area contributed by atoms with E-state index in [4.69, 9.17) is 4.74 Å². The van der Waals surface area contributed by atoms with Gasteiger partial charge in [-0.25, -0.2) is 4.79 Å². The van der Waals surface area contributed by atoms with E-state index in [1.165, 1.54) is 0 Å². The van der Waals surface area contributed by atoms with Crippen LogP contribution in [0.2, 0.25) is 0 Å². The molecule has 0 radical (unpaired) electrons. The van der Waals surface area contributed by atoms with Crippen molar-refractivity contribution in [3.8, 4) is 0 Å². The topological polar surface area (TPSA) is 55.4 Å². The summed E-state index contributed by atoms with van der Waals surface area (Å²) in [5, 5.41) is 2.61. The lowest BCUT2D eigenvalue weighted by Gasteiger charge is -2.06. The molecule has 0 aliphatic heterocycles. The van der Waals surface area contributed by atoms with Crippen LogP contribution in [0.15, 0.2) is 42.5 Å². The summed E-state index contributed by atoms with van der Waals surface area (Å²) in [6.07, 6.45) is 1.55. The maximum absolute atomic E-state index is 11.3. The van der Waals surface area contributed by atoms with Crippen LogP contribution in [0.5, 0.6) is 0 Å². The number of rotatable bonds is 7. The van der Waals surface area contributed by atoms with Crippen molar-refractivity contribution in [2.45, 2.75) is 19.4 Å². The third-order valence-corrected chi connectivity index (χ3v) is 2.32. The molecule has 0 atom stereocenters. The Morgan fingerprint density at radius 1 is 1.33 bits per heavy atom. The fourth-order valence-electron chi connectivity index (χ4n) is 1.34. The summed E-state index contributed by atoms with van der Waals surface area (Å²) in [6, 6.07) is 9.47. The third kappa shape index (κ3) is 5.84. The third-order valence-electron chi connectivity index (χ3n) is 2.32. The van der Waals surface area contributed by atoms with Crippen molar-refractivity contribution >= 4 is 12.4 Å². The molecule has 0 saturated heterocycles. The Hall–Kier alpha value is -2.10. The Kier molecular flexibility index (Phi) is 6.25. The molecule has 1 amide bonds. The Bertz CT molecular complexity index is 401. The number of benzene rings is 1. The first-order valence-corrected chi connectivity index (χ1v) is 5.80. The van der Waals surface area contributed by atoms with Gasteiger partial charge in [-0.05, 0) is 24.0 Å². The fourth-order valence-corrected chi connectivity index (χ4v) is 1.34. The zero-order valence-corrected chi connectivity index (χ0v) is 10.2. The van der Waals surface area contributed by atoms with Gasteiger partial charge in [0.2, 0.25) is 0 Å². The SMILES string of the molecule is C=C(C=O)CCCNC(=O)OCc1ccccc1. The van der Waals surface area contributed by atoms with Gasteiger partial charge in [0.05, 0.1) is 0 Å². The molecule has 0 bridgehead atoms. The lowest BCUT2D eigenvalue weighted by Crippen LogP contribution is -2.25. The Labute approximate surface area is 107 Å². The average Bonchev–Trinajstić information content (AvgIpc) is 2.42. The maximum Gasteiger partial charge on any atom is 0.407 e. The second-order valence-electron chi connectivity index (χ2n) is 3.87. The molecule has 0 aliphatic carbocycles. The molecule has 0 heterocycles. The molecule has 18 heavy (non-hydrogen) atoms. The number of carbonyl (C=O) groups excluding carboxylic acids is 2. The van der Waals surface area contributed by atoms with Crippen LogP contribution < -0.4 is 5.32 Å². The number of hydrogen-bond acceptors (Lipinski definition) is 3. The van der Waals surface area contributed by atoms with Crippen molar-refractivity contribution in [2.75, 3.05) is 6.54 Å². The van der Waals surface area contributed by atoms with Crippen LogP contribution in [-0.2, 0) is 16.1 Å². The number of nitrogens with one attached hydrogen (secondary N) is 1. The first kappa shape index (κ1) is 14.0. The summed E-state index contributed by atoms with van der Waals surface area (Å²) in [4.78, 5) is 21.6. The van der Waals surface area contributed by atoms with Crippen molar-refractivity contribution in [1.82, 2.24) is 5.32 Å². The van der Waals surface area contributed by atoms with E-state index < -0.39 is 6.09 Å². The van der Waals surface area contributed by atoms with E-state index in [1.807, 2.05) is 30.3 Å². The van der Waals surface area contributed by atoms with Crippen molar-refractivity contribution in [1.29, 1.82) is 0 Å². The predicted molar refractivity (Wildman–Crippen MR) is 69.1 cm³/mol. The first-order valence-electron chi connectivity index (χ1n) is 5.80. The smallest absolute Gasteiger partial charge is 0.407 e. The van der Waals surface area contributed by atoms with Gasteiger partial charge in [0.15, 0.2) is 0 Å². The number of amides is 1. The van der Waals surface area contributed by atoms with Crippen LogP contribution in [0.25, 0.3) is 0 Å². The van der Waals surface area contributed by atoms with Crippen LogP contribution >= 0.6 is 0 Å². The highest BCUT2D eigenvalue weighted by Gasteiger charge is 2.01. The molecule has 1 rings (SSSR count). The van der Waals surface area contributed by atoms with E-state index in [0.717, 1.165) is 11.8 Å². The molecule has 96 valence electrons. The lowest BCUT2D eigenvalue weighted by atomic mass is 10.2. The predicted octanol–water partition coefficient (Wildman–Crippen LogP) is 2.45. The van der Waals surface area contributed by atoms with Crippen LogP contribution in [-0.4, -0.2) is 18.9 Å². The van der Waals surface area contributed by atoms with Gasteiger partial charge in [0.1, 0.15) is 12.9 Å². The average molecular weight is 247 g/mol. The van der Waals surface area contributed by atoms with Gasteiger partial charge in [-0.1, -0.05) is 36.9 Å². The maximum atomic E-state index is 11.3. The number of ether oxygens (including phenoxy) is 1. The number of carbonyl (C=O) groups is 2. The fraction of sp³-hybridized carbons (Fsp3) is 0.286.